The average molecular weight is 420 g/mol. The molecule has 1 amide bonds. The zero-order valence-electron chi connectivity index (χ0n) is 18.7. The topological polar surface area (TPSA) is 59.8 Å². The van der Waals surface area contributed by atoms with Gasteiger partial charge in [0, 0.05) is 6.54 Å². The summed E-state index contributed by atoms with van der Waals surface area (Å²) in [5.41, 5.74) is 3.59. The SMILES string of the molecule is CCCCCN1C(=O)c2oc3c(C)cc(C)cc3c(=O)c2C1c1ccc(OCC)cc1. The van der Waals surface area contributed by atoms with Gasteiger partial charge in [0.15, 0.2) is 5.43 Å². The number of amides is 1. The van der Waals surface area contributed by atoms with Crippen LogP contribution in [0.15, 0.2) is 45.6 Å². The molecule has 1 atom stereocenters. The molecule has 0 bridgehead atoms. The third-order valence-electron chi connectivity index (χ3n) is 5.91. The Hall–Kier alpha value is -3.08. The van der Waals surface area contributed by atoms with Crippen LogP contribution in [0, 0.1) is 13.8 Å². The monoisotopic (exact) mass is 419 g/mol. The van der Waals surface area contributed by atoms with Gasteiger partial charge in [0.2, 0.25) is 5.76 Å². The van der Waals surface area contributed by atoms with Gasteiger partial charge in [-0.1, -0.05) is 38.0 Å². The van der Waals surface area contributed by atoms with Crippen LogP contribution in [0.4, 0.5) is 0 Å². The summed E-state index contributed by atoms with van der Waals surface area (Å²) < 4.78 is 11.7. The van der Waals surface area contributed by atoms with E-state index in [1.165, 1.54) is 0 Å². The molecule has 0 aliphatic carbocycles. The van der Waals surface area contributed by atoms with E-state index >= 15 is 0 Å². The molecular formula is C26H29NO4. The Labute approximate surface area is 182 Å². The normalized spacial score (nSPS) is 15.5. The maximum atomic E-state index is 13.6. The van der Waals surface area contributed by atoms with Crippen molar-refractivity contribution in [2.75, 3.05) is 13.2 Å². The number of ether oxygens (including phenoxy) is 1. The Bertz CT molecular complexity index is 1180. The minimum Gasteiger partial charge on any atom is -0.494 e. The first kappa shape index (κ1) is 21.2. The van der Waals surface area contributed by atoms with Gasteiger partial charge in [-0.05, 0) is 62.1 Å². The van der Waals surface area contributed by atoms with Gasteiger partial charge in [0.1, 0.15) is 11.3 Å². The van der Waals surface area contributed by atoms with Crippen LogP contribution in [-0.2, 0) is 0 Å². The summed E-state index contributed by atoms with van der Waals surface area (Å²) in [4.78, 5) is 28.8. The first-order valence-corrected chi connectivity index (χ1v) is 11.1. The lowest BCUT2D eigenvalue weighted by atomic mass is 9.97. The maximum Gasteiger partial charge on any atom is 0.290 e. The average Bonchev–Trinajstić information content (AvgIpc) is 3.02. The third kappa shape index (κ3) is 3.73. The van der Waals surface area contributed by atoms with Crippen LogP contribution in [0.5, 0.6) is 5.75 Å². The van der Waals surface area contributed by atoms with Gasteiger partial charge >= 0.3 is 0 Å². The van der Waals surface area contributed by atoms with Crippen LogP contribution < -0.4 is 10.2 Å². The highest BCUT2D eigenvalue weighted by Crippen LogP contribution is 2.39. The molecule has 1 aliphatic rings. The lowest BCUT2D eigenvalue weighted by Crippen LogP contribution is -2.30. The molecule has 162 valence electrons. The van der Waals surface area contributed by atoms with Gasteiger partial charge in [0.25, 0.3) is 5.91 Å². The Morgan fingerprint density at radius 3 is 2.45 bits per heavy atom. The lowest BCUT2D eigenvalue weighted by molar-refractivity contribution is 0.0724. The van der Waals surface area contributed by atoms with Crippen LogP contribution in [0.3, 0.4) is 0 Å². The number of benzene rings is 2. The fraction of sp³-hybridized carbons (Fsp3) is 0.385. The predicted octanol–water partition coefficient (Wildman–Crippen LogP) is 5.54. The van der Waals surface area contributed by atoms with Crippen LogP contribution in [0.1, 0.15) is 72.0 Å². The molecule has 2 aromatic carbocycles. The molecule has 1 aromatic heterocycles. The van der Waals surface area contributed by atoms with E-state index in [0.717, 1.165) is 41.7 Å². The smallest absolute Gasteiger partial charge is 0.290 e. The van der Waals surface area contributed by atoms with Gasteiger partial charge in [-0.15, -0.1) is 0 Å². The fourth-order valence-corrected chi connectivity index (χ4v) is 4.50. The van der Waals surface area contributed by atoms with E-state index in [4.69, 9.17) is 9.15 Å². The molecule has 5 heteroatoms. The van der Waals surface area contributed by atoms with Gasteiger partial charge in [-0.3, -0.25) is 9.59 Å². The van der Waals surface area contributed by atoms with Crippen molar-refractivity contribution in [1.29, 1.82) is 0 Å². The summed E-state index contributed by atoms with van der Waals surface area (Å²) in [5, 5.41) is 0.537. The molecule has 1 unspecified atom stereocenters. The second-order valence-corrected chi connectivity index (χ2v) is 8.24. The number of hydrogen-bond donors (Lipinski definition) is 0. The van der Waals surface area contributed by atoms with Gasteiger partial charge in [0.05, 0.1) is 23.6 Å². The highest BCUT2D eigenvalue weighted by molar-refractivity contribution is 5.99. The van der Waals surface area contributed by atoms with E-state index < -0.39 is 6.04 Å². The highest BCUT2D eigenvalue weighted by Gasteiger charge is 2.42. The standard InChI is InChI=1S/C26H29NO4/c1-5-7-8-13-27-22(18-9-11-19(12-10-18)30-6-2)21-23(28)20-15-16(3)14-17(4)24(20)31-25(21)26(27)29/h9-12,14-15,22H,5-8,13H2,1-4H3. The first-order valence-electron chi connectivity index (χ1n) is 11.1. The minimum absolute atomic E-state index is 0.117. The highest BCUT2D eigenvalue weighted by atomic mass is 16.5. The quantitative estimate of drug-likeness (QED) is 0.472. The van der Waals surface area contributed by atoms with Crippen molar-refractivity contribution in [3.63, 3.8) is 0 Å². The van der Waals surface area contributed by atoms with E-state index in [0.29, 0.717) is 29.7 Å². The van der Waals surface area contributed by atoms with E-state index in [2.05, 4.69) is 6.92 Å². The molecule has 0 spiro atoms. The predicted molar refractivity (Wildman–Crippen MR) is 122 cm³/mol. The van der Waals surface area contributed by atoms with Crippen LogP contribution in [0.25, 0.3) is 11.0 Å². The van der Waals surface area contributed by atoms with Crippen LogP contribution in [-0.4, -0.2) is 24.0 Å². The van der Waals surface area contributed by atoms with E-state index in [-0.39, 0.29) is 17.1 Å². The number of nitrogens with zero attached hydrogens (tertiary/aromatic N) is 1. The summed E-state index contributed by atoms with van der Waals surface area (Å²) >= 11 is 0. The van der Waals surface area contributed by atoms with Gasteiger partial charge in [-0.2, -0.15) is 0 Å². The van der Waals surface area contributed by atoms with Crippen molar-refractivity contribution in [3.8, 4) is 5.75 Å². The Balaban J connectivity index is 1.89. The number of rotatable bonds is 7. The van der Waals surface area contributed by atoms with Crippen molar-refractivity contribution < 1.29 is 13.9 Å². The molecule has 4 rings (SSSR count). The van der Waals surface area contributed by atoms with Crippen molar-refractivity contribution in [2.24, 2.45) is 0 Å². The zero-order valence-corrected chi connectivity index (χ0v) is 18.7. The van der Waals surface area contributed by atoms with Crippen molar-refractivity contribution >= 4 is 16.9 Å². The Morgan fingerprint density at radius 1 is 1.03 bits per heavy atom. The lowest BCUT2D eigenvalue weighted by Gasteiger charge is -2.25. The van der Waals surface area contributed by atoms with Crippen molar-refractivity contribution in [2.45, 2.75) is 53.0 Å². The van der Waals surface area contributed by atoms with E-state index in [9.17, 15) is 9.59 Å². The second kappa shape index (κ2) is 8.58. The molecular weight excluding hydrogens is 390 g/mol. The van der Waals surface area contributed by atoms with Gasteiger partial charge in [-0.25, -0.2) is 0 Å². The number of aryl methyl sites for hydroxylation is 2. The summed E-state index contributed by atoms with van der Waals surface area (Å²) in [6.45, 7) is 9.12. The summed E-state index contributed by atoms with van der Waals surface area (Å²) in [6.07, 6.45) is 2.97. The first-order chi connectivity index (χ1) is 15.0. The van der Waals surface area contributed by atoms with E-state index in [1.54, 1.807) is 4.90 Å². The molecule has 3 aromatic rings. The second-order valence-electron chi connectivity index (χ2n) is 8.24. The van der Waals surface area contributed by atoms with Crippen LogP contribution >= 0.6 is 0 Å². The molecule has 0 saturated carbocycles. The maximum absolute atomic E-state index is 13.6. The number of hydrogen-bond acceptors (Lipinski definition) is 4. The Morgan fingerprint density at radius 2 is 1.77 bits per heavy atom. The number of unbranched alkanes of at least 4 members (excludes halogenated alkanes) is 2. The summed E-state index contributed by atoms with van der Waals surface area (Å²) in [7, 11) is 0. The zero-order chi connectivity index (χ0) is 22.1. The number of carbonyl (C=O) groups is 1. The molecule has 2 heterocycles. The summed E-state index contributed by atoms with van der Waals surface area (Å²) in [6, 6.07) is 11.0. The molecule has 0 N–H and O–H groups in total. The van der Waals surface area contributed by atoms with E-state index in [1.807, 2.05) is 57.2 Å². The van der Waals surface area contributed by atoms with Crippen LogP contribution in [0.2, 0.25) is 0 Å². The minimum atomic E-state index is -0.448. The fourth-order valence-electron chi connectivity index (χ4n) is 4.50. The summed E-state index contributed by atoms with van der Waals surface area (Å²) in [5.74, 6) is 0.744. The Kier molecular flexibility index (Phi) is 5.86. The largest absolute Gasteiger partial charge is 0.494 e. The molecule has 5 nitrogen and oxygen atoms in total. The third-order valence-corrected chi connectivity index (χ3v) is 5.91. The van der Waals surface area contributed by atoms with Crippen molar-refractivity contribution in [1.82, 2.24) is 4.90 Å². The molecule has 0 radical (unpaired) electrons. The number of fused-ring (bicyclic) bond motifs is 2. The van der Waals surface area contributed by atoms with Gasteiger partial charge < -0.3 is 14.1 Å². The van der Waals surface area contributed by atoms with Crippen molar-refractivity contribution in [3.05, 3.63) is 74.6 Å². The molecule has 1 aliphatic heterocycles. The molecule has 0 fully saturated rings. The number of carbonyl (C=O) groups excluding carboxylic acids is 1. The molecule has 31 heavy (non-hydrogen) atoms. The molecule has 0 saturated heterocycles.